The van der Waals surface area contributed by atoms with Crippen molar-refractivity contribution >= 4 is 41.5 Å². The van der Waals surface area contributed by atoms with Gasteiger partial charge in [0.05, 0.1) is 16.4 Å². The minimum atomic E-state index is 0.507. The molecule has 1 aromatic heterocycles. The van der Waals surface area contributed by atoms with Gasteiger partial charge in [0.2, 0.25) is 0 Å². The van der Waals surface area contributed by atoms with Gasteiger partial charge < -0.3 is 11.1 Å². The first-order valence-electron chi connectivity index (χ1n) is 11.4. The van der Waals surface area contributed by atoms with Gasteiger partial charge in [-0.05, 0) is 68.3 Å². The predicted octanol–water partition coefficient (Wildman–Crippen LogP) is 6.18. The first-order chi connectivity index (χ1) is 17.5. The monoisotopic (exact) mass is 522 g/mol. The van der Waals surface area contributed by atoms with E-state index in [1.807, 2.05) is 36.9 Å². The van der Waals surface area contributed by atoms with E-state index in [2.05, 4.69) is 34.3 Å². The molecule has 8 heteroatoms. The van der Waals surface area contributed by atoms with Crippen LogP contribution >= 0.6 is 23.2 Å². The molecule has 3 N–H and O–H groups in total. The van der Waals surface area contributed by atoms with Gasteiger partial charge in [0.1, 0.15) is 5.69 Å². The zero-order valence-electron chi connectivity index (χ0n) is 20.4. The highest BCUT2D eigenvalue weighted by atomic mass is 35.5. The van der Waals surface area contributed by atoms with Crippen molar-refractivity contribution in [3.8, 4) is 16.9 Å². The molecule has 0 fully saturated rings. The van der Waals surface area contributed by atoms with E-state index in [1.165, 1.54) is 12.6 Å². The van der Waals surface area contributed by atoms with E-state index in [-0.39, 0.29) is 0 Å². The Morgan fingerprint density at radius 1 is 0.944 bits per heavy atom. The number of rotatable bonds is 4. The average molecular weight is 523 g/mol. The minimum absolute atomic E-state index is 0.507. The molecule has 5 rings (SSSR count). The summed E-state index contributed by atoms with van der Waals surface area (Å²) in [7, 11) is 3.40. The summed E-state index contributed by atoms with van der Waals surface area (Å²) in [4.78, 5) is 21.7. The largest absolute Gasteiger partial charge is 0.388 e. The number of hydrogen-bond donors (Lipinski definition) is 2. The molecule has 0 amide bonds. The Hall–Kier alpha value is -3.45. The molecule has 0 unspecified atom stereocenters. The highest BCUT2D eigenvalue weighted by Crippen LogP contribution is 2.38. The van der Waals surface area contributed by atoms with Crippen LogP contribution in [0.5, 0.6) is 0 Å². The zero-order valence-corrected chi connectivity index (χ0v) is 21.9. The number of carbonyl (C=O) groups is 2. The third-order valence-electron chi connectivity index (χ3n) is 5.86. The van der Waals surface area contributed by atoms with E-state index < -0.39 is 0 Å². The molecule has 0 bridgehead atoms. The molecule has 4 aromatic rings. The number of halogens is 2. The van der Waals surface area contributed by atoms with Crippen LogP contribution in [0, 0.1) is 6.92 Å². The van der Waals surface area contributed by atoms with Gasteiger partial charge in [-0.15, -0.1) is 0 Å². The molecule has 1 heterocycles. The fraction of sp³-hybridized carbons (Fsp3) is 0.179. The van der Waals surface area contributed by atoms with Crippen LogP contribution in [-0.2, 0) is 12.8 Å². The number of aromatic nitrogens is 2. The molecular weight excluding hydrogens is 495 g/mol. The Kier molecular flexibility index (Phi) is 9.42. The Labute approximate surface area is 221 Å². The quantitative estimate of drug-likeness (QED) is 0.312. The number of fused-ring (bicyclic) bond motifs is 3. The number of benzene rings is 3. The first kappa shape index (κ1) is 27.1. The molecule has 0 spiro atoms. The van der Waals surface area contributed by atoms with Gasteiger partial charge in [-0.3, -0.25) is 9.59 Å². The number of carbonyl (C=O) groups excluding carboxylic acids is 2. The SMILES string of the molecule is CN.CNc1ccc2c(c1)-c1c(c(C=O)nn1-c1ccc(C)c(Cl)c1)CC2.O=Cc1ccccc1Cl. The summed E-state index contributed by atoms with van der Waals surface area (Å²) in [6.45, 7) is 1.97. The van der Waals surface area contributed by atoms with Gasteiger partial charge in [0.15, 0.2) is 12.6 Å². The van der Waals surface area contributed by atoms with Crippen LogP contribution in [-0.4, -0.2) is 36.4 Å². The van der Waals surface area contributed by atoms with E-state index in [0.717, 1.165) is 59.2 Å². The van der Waals surface area contributed by atoms with Crippen molar-refractivity contribution in [3.63, 3.8) is 0 Å². The van der Waals surface area contributed by atoms with Gasteiger partial charge in [-0.1, -0.05) is 53.5 Å². The number of nitrogens with zero attached hydrogens (tertiary/aromatic N) is 2. The van der Waals surface area contributed by atoms with Crippen molar-refractivity contribution in [3.05, 3.63) is 98.7 Å². The predicted molar refractivity (Wildman–Crippen MR) is 148 cm³/mol. The molecular formula is C28H28Cl2N4O2. The summed E-state index contributed by atoms with van der Waals surface area (Å²) in [6, 6.07) is 19.1. The summed E-state index contributed by atoms with van der Waals surface area (Å²) in [5.74, 6) is 0. The standard InChI is InChI=1S/C20H18ClN3O.C7H5ClO.CH5N/c1-12-3-7-15(10-18(12)21)24-20-16(19(11-25)23-24)8-5-13-4-6-14(22-2)9-17(13)20;8-7-4-2-1-3-6(7)5-9;1-2/h3-4,6-7,9-11,22H,5,8H2,1-2H3;1-5H;2H2,1H3. The number of hydrogen-bond acceptors (Lipinski definition) is 5. The van der Waals surface area contributed by atoms with E-state index in [9.17, 15) is 9.59 Å². The van der Waals surface area contributed by atoms with Crippen molar-refractivity contribution < 1.29 is 9.59 Å². The first-order valence-corrected chi connectivity index (χ1v) is 12.1. The zero-order chi connectivity index (χ0) is 26.2. The van der Waals surface area contributed by atoms with Gasteiger partial charge in [0.25, 0.3) is 0 Å². The van der Waals surface area contributed by atoms with E-state index >= 15 is 0 Å². The lowest BCUT2D eigenvalue weighted by Gasteiger charge is -2.20. The van der Waals surface area contributed by atoms with Crippen LogP contribution in [0.4, 0.5) is 5.69 Å². The maximum atomic E-state index is 11.6. The number of aldehydes is 2. The van der Waals surface area contributed by atoms with E-state index in [4.69, 9.17) is 23.2 Å². The maximum Gasteiger partial charge on any atom is 0.170 e. The number of aryl methyl sites for hydroxylation is 2. The summed E-state index contributed by atoms with van der Waals surface area (Å²) < 4.78 is 1.85. The number of nitrogens with one attached hydrogen (secondary N) is 1. The molecule has 1 aliphatic carbocycles. The Bertz CT molecular complexity index is 1380. The number of nitrogens with two attached hydrogens (primary N) is 1. The highest BCUT2D eigenvalue weighted by molar-refractivity contribution is 6.33. The molecule has 0 radical (unpaired) electrons. The average Bonchev–Trinajstić information content (AvgIpc) is 3.31. The molecule has 0 atom stereocenters. The van der Waals surface area contributed by atoms with Crippen LogP contribution in [0.3, 0.4) is 0 Å². The second-order valence-electron chi connectivity index (χ2n) is 7.94. The van der Waals surface area contributed by atoms with Gasteiger partial charge in [-0.25, -0.2) is 4.68 Å². The second-order valence-corrected chi connectivity index (χ2v) is 8.75. The molecule has 3 aromatic carbocycles. The topological polar surface area (TPSA) is 90.0 Å². The Morgan fingerprint density at radius 2 is 1.69 bits per heavy atom. The molecule has 0 saturated carbocycles. The lowest BCUT2D eigenvalue weighted by molar-refractivity contribution is 0.111. The molecule has 1 aliphatic rings. The van der Waals surface area contributed by atoms with Crippen LogP contribution < -0.4 is 11.1 Å². The van der Waals surface area contributed by atoms with Gasteiger partial charge >= 0.3 is 0 Å². The fourth-order valence-corrected chi connectivity index (χ4v) is 4.34. The molecule has 0 aliphatic heterocycles. The summed E-state index contributed by atoms with van der Waals surface area (Å²) in [5, 5.41) is 8.96. The second kappa shape index (κ2) is 12.5. The van der Waals surface area contributed by atoms with Gasteiger partial charge in [0, 0.05) is 34.4 Å². The summed E-state index contributed by atoms with van der Waals surface area (Å²) in [6.07, 6.45) is 3.31. The third kappa shape index (κ3) is 5.68. The van der Waals surface area contributed by atoms with Crippen LogP contribution in [0.2, 0.25) is 10.0 Å². The summed E-state index contributed by atoms with van der Waals surface area (Å²) >= 11 is 11.9. The van der Waals surface area contributed by atoms with Crippen molar-refractivity contribution in [1.29, 1.82) is 0 Å². The lowest BCUT2D eigenvalue weighted by Crippen LogP contribution is -2.08. The van der Waals surface area contributed by atoms with E-state index in [0.29, 0.717) is 21.3 Å². The summed E-state index contributed by atoms with van der Waals surface area (Å²) in [5.41, 5.74) is 12.8. The van der Waals surface area contributed by atoms with Crippen LogP contribution in [0.1, 0.15) is 37.5 Å². The van der Waals surface area contributed by atoms with Crippen molar-refractivity contribution in [2.24, 2.45) is 5.73 Å². The highest BCUT2D eigenvalue weighted by Gasteiger charge is 2.26. The minimum Gasteiger partial charge on any atom is -0.388 e. The number of anilines is 1. The Balaban J connectivity index is 0.000000276. The third-order valence-corrected chi connectivity index (χ3v) is 6.61. The van der Waals surface area contributed by atoms with Gasteiger partial charge in [-0.2, -0.15) is 5.10 Å². The fourth-order valence-electron chi connectivity index (χ4n) is 3.99. The van der Waals surface area contributed by atoms with Crippen LogP contribution in [0.25, 0.3) is 16.9 Å². The maximum absolute atomic E-state index is 11.6. The van der Waals surface area contributed by atoms with Crippen molar-refractivity contribution in [2.45, 2.75) is 19.8 Å². The molecule has 0 saturated heterocycles. The Morgan fingerprint density at radius 3 is 2.31 bits per heavy atom. The smallest absolute Gasteiger partial charge is 0.170 e. The van der Waals surface area contributed by atoms with Crippen molar-refractivity contribution in [2.75, 3.05) is 19.4 Å². The van der Waals surface area contributed by atoms with Crippen molar-refractivity contribution in [1.82, 2.24) is 9.78 Å². The molecule has 36 heavy (non-hydrogen) atoms. The lowest BCUT2D eigenvalue weighted by atomic mass is 9.88. The van der Waals surface area contributed by atoms with Crippen LogP contribution in [0.15, 0.2) is 60.7 Å². The molecule has 6 nitrogen and oxygen atoms in total. The normalized spacial score (nSPS) is 11.1. The molecule has 186 valence electrons. The van der Waals surface area contributed by atoms with E-state index in [1.54, 1.807) is 24.3 Å².